The molecular formula is C16H21NO2. The van der Waals surface area contributed by atoms with Gasteiger partial charge < -0.3 is 9.67 Å². The molecular weight excluding hydrogens is 238 g/mol. The number of hydrogen-bond donors (Lipinski definition) is 1. The van der Waals surface area contributed by atoms with Crippen molar-refractivity contribution in [1.29, 1.82) is 0 Å². The summed E-state index contributed by atoms with van der Waals surface area (Å²) in [6.45, 7) is 9.16. The first-order chi connectivity index (χ1) is 9.01. The lowest BCUT2D eigenvalue weighted by molar-refractivity contribution is 0.0698. The molecule has 1 aromatic heterocycles. The molecule has 0 fully saturated rings. The lowest BCUT2D eigenvalue weighted by atomic mass is 10.0. The first kappa shape index (κ1) is 13.7. The van der Waals surface area contributed by atoms with Crippen molar-refractivity contribution in [1.82, 2.24) is 4.57 Å². The molecule has 0 atom stereocenters. The second-order valence-corrected chi connectivity index (χ2v) is 5.08. The molecule has 0 aliphatic carbocycles. The number of aryl methyl sites for hydroxylation is 3. The maximum atomic E-state index is 11.5. The van der Waals surface area contributed by atoms with E-state index in [9.17, 15) is 9.90 Å². The molecule has 2 aromatic rings. The van der Waals surface area contributed by atoms with Gasteiger partial charge in [0.15, 0.2) is 0 Å². The molecule has 3 heteroatoms. The van der Waals surface area contributed by atoms with Gasteiger partial charge >= 0.3 is 5.97 Å². The van der Waals surface area contributed by atoms with Crippen LogP contribution < -0.4 is 0 Å². The molecule has 0 radical (unpaired) electrons. The Bertz CT molecular complexity index is 638. The van der Waals surface area contributed by atoms with E-state index < -0.39 is 5.97 Å². The van der Waals surface area contributed by atoms with Crippen LogP contribution in [0.3, 0.4) is 0 Å². The van der Waals surface area contributed by atoms with Crippen molar-refractivity contribution in [3.05, 3.63) is 34.5 Å². The Hall–Kier alpha value is -1.77. The van der Waals surface area contributed by atoms with Crippen molar-refractivity contribution in [3.63, 3.8) is 0 Å². The van der Waals surface area contributed by atoms with Crippen molar-refractivity contribution >= 4 is 16.9 Å². The van der Waals surface area contributed by atoms with E-state index >= 15 is 0 Å². The maximum absolute atomic E-state index is 11.5. The van der Waals surface area contributed by atoms with E-state index in [1.54, 1.807) is 6.07 Å². The third kappa shape index (κ3) is 2.14. The fourth-order valence-electron chi connectivity index (χ4n) is 2.94. The second kappa shape index (κ2) is 5.08. The summed E-state index contributed by atoms with van der Waals surface area (Å²) < 4.78 is 2.16. The van der Waals surface area contributed by atoms with Crippen LogP contribution in [0.5, 0.6) is 0 Å². The van der Waals surface area contributed by atoms with E-state index in [0.29, 0.717) is 5.56 Å². The van der Waals surface area contributed by atoms with Crippen LogP contribution in [0.2, 0.25) is 0 Å². The highest BCUT2D eigenvalue weighted by molar-refractivity contribution is 6.04. The van der Waals surface area contributed by atoms with Crippen molar-refractivity contribution in [2.75, 3.05) is 0 Å². The van der Waals surface area contributed by atoms with Crippen LogP contribution >= 0.6 is 0 Å². The predicted octanol–water partition coefficient (Wildman–Crippen LogP) is 3.93. The third-order valence-corrected chi connectivity index (χ3v) is 3.72. The number of fused-ring (bicyclic) bond motifs is 1. The highest BCUT2D eigenvalue weighted by Crippen LogP contribution is 2.30. The summed E-state index contributed by atoms with van der Waals surface area (Å²) in [5.74, 6) is -0.841. The van der Waals surface area contributed by atoms with Crippen molar-refractivity contribution in [2.45, 2.75) is 47.1 Å². The molecule has 0 amide bonds. The number of rotatable bonds is 4. The van der Waals surface area contributed by atoms with Crippen molar-refractivity contribution < 1.29 is 9.90 Å². The zero-order valence-electron chi connectivity index (χ0n) is 12.1. The summed E-state index contributed by atoms with van der Waals surface area (Å²) in [5.41, 5.74) is 4.79. The fourth-order valence-corrected chi connectivity index (χ4v) is 2.94. The maximum Gasteiger partial charge on any atom is 0.337 e. The Morgan fingerprint density at radius 1 is 1.26 bits per heavy atom. The molecule has 0 saturated heterocycles. The van der Waals surface area contributed by atoms with Gasteiger partial charge in [0.2, 0.25) is 0 Å². The zero-order chi connectivity index (χ0) is 14.2. The lowest BCUT2D eigenvalue weighted by Crippen LogP contribution is -2.05. The van der Waals surface area contributed by atoms with E-state index in [-0.39, 0.29) is 0 Å². The molecule has 0 unspecified atom stereocenters. The van der Waals surface area contributed by atoms with E-state index in [4.69, 9.17) is 0 Å². The highest BCUT2D eigenvalue weighted by Gasteiger charge is 2.19. The average Bonchev–Trinajstić information content (AvgIpc) is 2.61. The summed E-state index contributed by atoms with van der Waals surface area (Å²) in [7, 11) is 0. The highest BCUT2D eigenvalue weighted by atomic mass is 16.4. The van der Waals surface area contributed by atoms with Gasteiger partial charge in [0.05, 0.1) is 11.1 Å². The van der Waals surface area contributed by atoms with E-state index in [2.05, 4.69) is 31.4 Å². The lowest BCUT2D eigenvalue weighted by Gasteiger charge is -2.09. The van der Waals surface area contributed by atoms with Crippen LogP contribution in [0.1, 0.15) is 47.4 Å². The molecule has 3 nitrogen and oxygen atoms in total. The standard InChI is InChI=1S/C16H21NO2/c1-5-7-17-11(4)12(6-2)13-8-10(3)9-14(15(13)17)16(18)19/h8-9H,5-7H2,1-4H3,(H,18,19). The van der Waals surface area contributed by atoms with Gasteiger partial charge in [-0.1, -0.05) is 13.8 Å². The number of aromatic carboxylic acids is 1. The largest absolute Gasteiger partial charge is 0.478 e. The van der Waals surface area contributed by atoms with Crippen LogP contribution in [0.4, 0.5) is 0 Å². The van der Waals surface area contributed by atoms with Crippen LogP contribution in [-0.2, 0) is 13.0 Å². The van der Waals surface area contributed by atoms with Crippen LogP contribution in [0.25, 0.3) is 10.9 Å². The van der Waals surface area contributed by atoms with Gasteiger partial charge in [-0.25, -0.2) is 4.79 Å². The molecule has 1 N–H and O–H groups in total. The van der Waals surface area contributed by atoms with Gasteiger partial charge in [0.25, 0.3) is 0 Å². The SMILES string of the molecule is CCCn1c(C)c(CC)c2cc(C)cc(C(=O)O)c21. The van der Waals surface area contributed by atoms with Crippen LogP contribution in [0.15, 0.2) is 12.1 Å². The Labute approximate surface area is 113 Å². The molecule has 0 saturated carbocycles. The summed E-state index contributed by atoms with van der Waals surface area (Å²) in [6, 6.07) is 3.88. The quantitative estimate of drug-likeness (QED) is 0.904. The molecule has 2 rings (SSSR count). The molecule has 0 aliphatic heterocycles. The normalized spacial score (nSPS) is 11.2. The smallest absolute Gasteiger partial charge is 0.337 e. The minimum atomic E-state index is -0.841. The molecule has 0 aliphatic rings. The van der Waals surface area contributed by atoms with E-state index in [1.165, 1.54) is 11.3 Å². The van der Waals surface area contributed by atoms with Crippen molar-refractivity contribution in [3.8, 4) is 0 Å². The van der Waals surface area contributed by atoms with Gasteiger partial charge in [-0.15, -0.1) is 0 Å². The van der Waals surface area contributed by atoms with Gasteiger partial charge in [-0.2, -0.15) is 0 Å². The predicted molar refractivity (Wildman–Crippen MR) is 78.0 cm³/mol. The molecule has 1 heterocycles. The minimum absolute atomic E-state index is 0.422. The van der Waals surface area contributed by atoms with Gasteiger partial charge in [0.1, 0.15) is 0 Å². The van der Waals surface area contributed by atoms with Crippen molar-refractivity contribution in [2.24, 2.45) is 0 Å². The number of aromatic nitrogens is 1. The molecule has 0 spiro atoms. The Balaban J connectivity index is 2.93. The first-order valence-corrected chi connectivity index (χ1v) is 6.86. The molecule has 0 bridgehead atoms. The summed E-state index contributed by atoms with van der Waals surface area (Å²) in [6.07, 6.45) is 1.93. The van der Waals surface area contributed by atoms with E-state index in [0.717, 1.165) is 35.9 Å². The molecule has 19 heavy (non-hydrogen) atoms. The van der Waals surface area contributed by atoms with Gasteiger partial charge in [-0.3, -0.25) is 0 Å². The minimum Gasteiger partial charge on any atom is -0.478 e. The number of hydrogen-bond acceptors (Lipinski definition) is 1. The molecule has 1 aromatic carbocycles. The zero-order valence-corrected chi connectivity index (χ0v) is 12.1. The van der Waals surface area contributed by atoms with Crippen LogP contribution in [-0.4, -0.2) is 15.6 Å². The number of carbonyl (C=O) groups is 1. The Morgan fingerprint density at radius 3 is 2.47 bits per heavy atom. The van der Waals surface area contributed by atoms with E-state index in [1.807, 2.05) is 6.92 Å². The fraction of sp³-hybridized carbons (Fsp3) is 0.438. The monoisotopic (exact) mass is 259 g/mol. The summed E-state index contributed by atoms with van der Waals surface area (Å²) >= 11 is 0. The summed E-state index contributed by atoms with van der Waals surface area (Å²) in [4.78, 5) is 11.5. The Kier molecular flexibility index (Phi) is 3.65. The number of benzene rings is 1. The van der Waals surface area contributed by atoms with Gasteiger partial charge in [0, 0.05) is 17.6 Å². The third-order valence-electron chi connectivity index (χ3n) is 3.72. The topological polar surface area (TPSA) is 42.2 Å². The number of carboxylic acid groups (broad SMARTS) is 1. The average molecular weight is 259 g/mol. The number of carboxylic acids is 1. The Morgan fingerprint density at radius 2 is 1.95 bits per heavy atom. The van der Waals surface area contributed by atoms with Gasteiger partial charge in [-0.05, 0) is 49.9 Å². The molecule has 102 valence electrons. The second-order valence-electron chi connectivity index (χ2n) is 5.08. The first-order valence-electron chi connectivity index (χ1n) is 6.86. The van der Waals surface area contributed by atoms with Crippen LogP contribution in [0, 0.1) is 13.8 Å². The summed E-state index contributed by atoms with van der Waals surface area (Å²) in [5, 5.41) is 10.6. The number of nitrogens with zero attached hydrogens (tertiary/aromatic N) is 1.